The van der Waals surface area contributed by atoms with Gasteiger partial charge < -0.3 is 9.64 Å². The fraction of sp³-hybridized carbons (Fsp3) is 0.588. The quantitative estimate of drug-likeness (QED) is 0.784. The molecule has 140 valence electrons. The fourth-order valence-electron chi connectivity index (χ4n) is 2.85. The molecule has 1 aliphatic rings. The maximum Gasteiger partial charge on any atom is 0.281 e. The molecule has 1 aliphatic heterocycles. The zero-order chi connectivity index (χ0) is 18.8. The van der Waals surface area contributed by atoms with Gasteiger partial charge in [0.25, 0.3) is 16.1 Å². The minimum atomic E-state index is -3.43. The first-order chi connectivity index (χ1) is 11.7. The summed E-state index contributed by atoms with van der Waals surface area (Å²) in [4.78, 5) is 14.6. The molecule has 0 aromatic heterocycles. The van der Waals surface area contributed by atoms with Crippen molar-refractivity contribution in [3.05, 3.63) is 28.8 Å². The van der Waals surface area contributed by atoms with Crippen LogP contribution in [0.1, 0.15) is 28.4 Å². The van der Waals surface area contributed by atoms with Gasteiger partial charge >= 0.3 is 0 Å². The lowest BCUT2D eigenvalue weighted by atomic mass is 10.0. The number of piperazine rings is 1. The summed E-state index contributed by atoms with van der Waals surface area (Å²) in [5, 5.41) is 0. The molecule has 1 amide bonds. The van der Waals surface area contributed by atoms with Crippen LogP contribution in [0.3, 0.4) is 0 Å². The number of aryl methyl sites for hydroxylation is 2. The third-order valence-corrected chi connectivity index (χ3v) is 6.31. The molecule has 0 spiro atoms. The van der Waals surface area contributed by atoms with Crippen LogP contribution in [0.2, 0.25) is 0 Å². The lowest BCUT2D eigenvalue weighted by Gasteiger charge is -2.35. The fourth-order valence-corrected chi connectivity index (χ4v) is 3.94. The van der Waals surface area contributed by atoms with Crippen LogP contribution in [-0.4, -0.2) is 74.7 Å². The Labute approximate surface area is 150 Å². The van der Waals surface area contributed by atoms with Crippen LogP contribution in [0.4, 0.5) is 0 Å². The molecule has 0 N–H and O–H groups in total. The van der Waals surface area contributed by atoms with E-state index >= 15 is 0 Å². The number of amides is 1. The van der Waals surface area contributed by atoms with Crippen molar-refractivity contribution in [2.75, 3.05) is 46.9 Å². The molecule has 1 aromatic rings. The summed E-state index contributed by atoms with van der Waals surface area (Å²) >= 11 is 0. The second-order valence-electron chi connectivity index (χ2n) is 6.35. The first-order valence-electron chi connectivity index (χ1n) is 8.39. The molecule has 0 bridgehead atoms. The molecule has 1 aromatic carbocycles. The Bertz CT molecular complexity index is 739. The second kappa shape index (κ2) is 7.72. The summed E-state index contributed by atoms with van der Waals surface area (Å²) in [6.45, 7) is 7.70. The molecule has 1 saturated heterocycles. The molecule has 25 heavy (non-hydrogen) atoms. The van der Waals surface area contributed by atoms with E-state index in [1.165, 1.54) is 22.7 Å². The Balaban J connectivity index is 2.12. The minimum absolute atomic E-state index is 0.0643. The molecular formula is C17H27N3O4S. The number of nitrogens with zero attached hydrogens (tertiary/aromatic N) is 3. The summed E-state index contributed by atoms with van der Waals surface area (Å²) in [6.07, 6.45) is 0. The first kappa shape index (κ1) is 19.7. The van der Waals surface area contributed by atoms with Gasteiger partial charge in [0.15, 0.2) is 0 Å². The van der Waals surface area contributed by atoms with Crippen LogP contribution in [0, 0.1) is 13.8 Å². The van der Waals surface area contributed by atoms with Crippen molar-refractivity contribution in [3.63, 3.8) is 0 Å². The summed E-state index contributed by atoms with van der Waals surface area (Å²) < 4.78 is 32.5. The van der Waals surface area contributed by atoms with Crippen molar-refractivity contribution in [1.82, 2.24) is 13.5 Å². The molecule has 8 heteroatoms. The van der Waals surface area contributed by atoms with Crippen LogP contribution < -0.4 is 4.74 Å². The Morgan fingerprint density at radius 1 is 1.12 bits per heavy atom. The number of rotatable bonds is 5. The van der Waals surface area contributed by atoms with E-state index in [9.17, 15) is 13.2 Å². The third-order valence-electron chi connectivity index (χ3n) is 4.37. The van der Waals surface area contributed by atoms with Crippen LogP contribution in [-0.2, 0) is 10.2 Å². The summed E-state index contributed by atoms with van der Waals surface area (Å²) in [5.74, 6) is 0.726. The summed E-state index contributed by atoms with van der Waals surface area (Å²) in [5.41, 5.74) is 2.43. The largest absolute Gasteiger partial charge is 0.494 e. The molecule has 7 nitrogen and oxygen atoms in total. The standard InChI is InChI=1S/C17H27N3O4S/c1-6-24-16-12-13(2)15(11-14(16)3)17(21)19-7-9-20(10-8-19)25(22,23)18(4)5/h11-12H,6-10H2,1-5H3. The maximum atomic E-state index is 12.8. The average molecular weight is 369 g/mol. The Morgan fingerprint density at radius 2 is 1.72 bits per heavy atom. The Kier molecular flexibility index (Phi) is 6.08. The normalized spacial score (nSPS) is 16.3. The van der Waals surface area contributed by atoms with Crippen molar-refractivity contribution in [3.8, 4) is 5.75 Å². The van der Waals surface area contributed by atoms with Crippen molar-refractivity contribution >= 4 is 16.1 Å². The SMILES string of the molecule is CCOc1cc(C)c(C(=O)N2CCN(S(=O)(=O)N(C)C)CC2)cc1C. The molecular weight excluding hydrogens is 342 g/mol. The average Bonchev–Trinajstić information content (AvgIpc) is 2.57. The highest BCUT2D eigenvalue weighted by molar-refractivity contribution is 7.86. The van der Waals surface area contributed by atoms with E-state index < -0.39 is 10.2 Å². The molecule has 0 saturated carbocycles. The van der Waals surface area contributed by atoms with Gasteiger partial charge in [-0.15, -0.1) is 0 Å². The van der Waals surface area contributed by atoms with Gasteiger partial charge in [-0.25, -0.2) is 0 Å². The van der Waals surface area contributed by atoms with Gasteiger partial charge in [0.2, 0.25) is 0 Å². The van der Waals surface area contributed by atoms with E-state index in [0.29, 0.717) is 38.3 Å². The highest BCUT2D eigenvalue weighted by Crippen LogP contribution is 2.24. The predicted octanol–water partition coefficient (Wildman–Crippen LogP) is 1.27. The molecule has 2 rings (SSSR count). The maximum absolute atomic E-state index is 12.8. The third kappa shape index (κ3) is 4.13. The number of carbonyl (C=O) groups excluding carboxylic acids is 1. The van der Waals surface area contributed by atoms with E-state index in [1.807, 2.05) is 32.9 Å². The van der Waals surface area contributed by atoms with Crippen LogP contribution in [0.5, 0.6) is 5.75 Å². The highest BCUT2D eigenvalue weighted by atomic mass is 32.2. The van der Waals surface area contributed by atoms with Gasteiger partial charge in [-0.3, -0.25) is 4.79 Å². The Morgan fingerprint density at radius 3 is 2.24 bits per heavy atom. The topological polar surface area (TPSA) is 70.2 Å². The van der Waals surface area contributed by atoms with E-state index in [-0.39, 0.29) is 5.91 Å². The summed E-state index contributed by atoms with van der Waals surface area (Å²) in [7, 11) is -0.403. The van der Waals surface area contributed by atoms with E-state index in [2.05, 4.69) is 0 Å². The zero-order valence-corrected chi connectivity index (χ0v) is 16.4. The number of hydrogen-bond acceptors (Lipinski definition) is 4. The van der Waals surface area contributed by atoms with Crippen LogP contribution in [0.25, 0.3) is 0 Å². The van der Waals surface area contributed by atoms with Crippen molar-refractivity contribution in [2.45, 2.75) is 20.8 Å². The number of ether oxygens (including phenoxy) is 1. The predicted molar refractivity (Wildman–Crippen MR) is 97.2 cm³/mol. The van der Waals surface area contributed by atoms with E-state index in [0.717, 1.165) is 16.9 Å². The van der Waals surface area contributed by atoms with E-state index in [4.69, 9.17) is 4.74 Å². The molecule has 0 unspecified atom stereocenters. The minimum Gasteiger partial charge on any atom is -0.494 e. The van der Waals surface area contributed by atoms with E-state index in [1.54, 1.807) is 4.90 Å². The lowest BCUT2D eigenvalue weighted by Crippen LogP contribution is -2.53. The zero-order valence-electron chi connectivity index (χ0n) is 15.6. The Hall–Kier alpha value is -1.64. The monoisotopic (exact) mass is 369 g/mol. The van der Waals surface area contributed by atoms with Gasteiger partial charge in [0, 0.05) is 45.8 Å². The van der Waals surface area contributed by atoms with Gasteiger partial charge in [-0.2, -0.15) is 17.0 Å². The van der Waals surface area contributed by atoms with Crippen molar-refractivity contribution in [1.29, 1.82) is 0 Å². The molecule has 0 radical (unpaired) electrons. The van der Waals surface area contributed by atoms with Crippen molar-refractivity contribution in [2.24, 2.45) is 0 Å². The molecule has 0 atom stereocenters. The number of hydrogen-bond donors (Lipinski definition) is 0. The first-order valence-corrected chi connectivity index (χ1v) is 9.79. The highest BCUT2D eigenvalue weighted by Gasteiger charge is 2.31. The lowest BCUT2D eigenvalue weighted by molar-refractivity contribution is 0.0694. The van der Waals surface area contributed by atoms with Crippen molar-refractivity contribution < 1.29 is 17.9 Å². The molecule has 0 aliphatic carbocycles. The van der Waals surface area contributed by atoms with Gasteiger partial charge in [0.05, 0.1) is 6.61 Å². The van der Waals surface area contributed by atoms with Crippen LogP contribution >= 0.6 is 0 Å². The van der Waals surface area contributed by atoms with Gasteiger partial charge in [-0.05, 0) is 44.0 Å². The van der Waals surface area contributed by atoms with Gasteiger partial charge in [-0.1, -0.05) is 0 Å². The van der Waals surface area contributed by atoms with Crippen LogP contribution in [0.15, 0.2) is 12.1 Å². The number of benzene rings is 1. The van der Waals surface area contributed by atoms with Gasteiger partial charge in [0.1, 0.15) is 5.75 Å². The number of carbonyl (C=O) groups is 1. The molecule has 1 heterocycles. The second-order valence-corrected chi connectivity index (χ2v) is 8.49. The molecule has 1 fully saturated rings. The smallest absolute Gasteiger partial charge is 0.281 e. The summed E-state index contributed by atoms with van der Waals surface area (Å²) in [6, 6.07) is 3.74.